The van der Waals surface area contributed by atoms with E-state index in [0.717, 1.165) is 0 Å². The van der Waals surface area contributed by atoms with Crippen LogP contribution in [0.2, 0.25) is 13.1 Å². The molecule has 10 radical (unpaired) electrons. The van der Waals surface area contributed by atoms with Gasteiger partial charge in [0.2, 0.25) is 0 Å². The molecule has 4 aliphatic rings. The van der Waals surface area contributed by atoms with Crippen LogP contribution in [0, 0.1) is 58.4 Å². The molecule has 4 aliphatic carbocycles. The van der Waals surface area contributed by atoms with Crippen molar-refractivity contribution in [2.24, 2.45) is 0 Å². The Labute approximate surface area is 156 Å². The van der Waals surface area contributed by atoms with Crippen LogP contribution >= 0.6 is 0 Å². The van der Waals surface area contributed by atoms with E-state index in [1.807, 2.05) is 0 Å². The number of rotatable bonds is 2. The highest BCUT2D eigenvalue weighted by Gasteiger charge is 2.61. The van der Waals surface area contributed by atoms with Gasteiger partial charge in [-0.3, -0.25) is 0 Å². The number of hydrogen-bond donors (Lipinski definition) is 0. The average molecular weight is 343 g/mol. The Balaban J connectivity index is 1.74. The zero-order valence-corrected chi connectivity index (χ0v) is 17.1. The molecule has 126 valence electrons. The van der Waals surface area contributed by atoms with Crippen LogP contribution in [0.15, 0.2) is 48.6 Å². The lowest BCUT2D eigenvalue weighted by Crippen LogP contribution is -2.48. The lowest BCUT2D eigenvalue weighted by atomic mass is 9.83. The Bertz CT molecular complexity index is 588. The van der Waals surface area contributed by atoms with E-state index in [1.165, 1.54) is 47.3 Å². The molecule has 25 heavy (non-hydrogen) atoms. The number of fused-ring (bicyclic) bond motifs is 3. The van der Waals surface area contributed by atoms with Crippen molar-refractivity contribution in [3.63, 3.8) is 0 Å². The summed E-state index contributed by atoms with van der Waals surface area (Å²) in [5, 5.41) is 0. The Morgan fingerprint density at radius 3 is 1.24 bits per heavy atom. The predicted octanol–water partition coefficient (Wildman–Crippen LogP) is 5.88. The highest BCUT2D eigenvalue weighted by atomic mass is 28.3. The molecule has 0 N–H and O–H groups in total. The fourth-order valence-electron chi connectivity index (χ4n) is 4.97. The topological polar surface area (TPSA) is 0 Å². The normalized spacial score (nSPS) is 29.4. The second kappa shape index (κ2) is 6.11. The second-order valence-electron chi connectivity index (χ2n) is 7.97. The molecule has 0 atom stereocenters. The maximum atomic E-state index is 2.54. The van der Waals surface area contributed by atoms with Gasteiger partial charge in [-0.25, -0.2) is 0 Å². The van der Waals surface area contributed by atoms with Gasteiger partial charge < -0.3 is 0 Å². The van der Waals surface area contributed by atoms with Gasteiger partial charge in [0, 0.05) is 23.7 Å². The summed E-state index contributed by atoms with van der Waals surface area (Å²) in [4.78, 5) is 0. The molecule has 0 amide bonds. The first kappa shape index (κ1) is 17.6. The smallest absolute Gasteiger partial charge is 0.0642 e. The van der Waals surface area contributed by atoms with Crippen LogP contribution in [0.25, 0.3) is 0 Å². The Kier molecular flexibility index (Phi) is 4.30. The lowest BCUT2D eigenvalue weighted by molar-refractivity contribution is 0.973. The van der Waals surface area contributed by atoms with Gasteiger partial charge in [0.25, 0.3) is 0 Å². The van der Waals surface area contributed by atoms with Gasteiger partial charge in [-0.05, 0) is 34.8 Å². The molecule has 0 aliphatic heterocycles. The zero-order valence-electron chi connectivity index (χ0n) is 16.1. The number of hydrogen-bond acceptors (Lipinski definition) is 0. The van der Waals surface area contributed by atoms with E-state index in [-0.39, 0.29) is 0 Å². The van der Waals surface area contributed by atoms with Crippen molar-refractivity contribution in [3.05, 3.63) is 107 Å². The first-order valence-electron chi connectivity index (χ1n) is 9.15. The van der Waals surface area contributed by atoms with Crippen molar-refractivity contribution in [2.75, 3.05) is 0 Å². The summed E-state index contributed by atoms with van der Waals surface area (Å²) in [5.74, 6) is 11.7. The molecular formula is C24H26Si. The van der Waals surface area contributed by atoms with Crippen molar-refractivity contribution >= 4 is 8.07 Å². The van der Waals surface area contributed by atoms with Crippen LogP contribution < -0.4 is 0 Å². The van der Waals surface area contributed by atoms with Gasteiger partial charge >= 0.3 is 0 Å². The summed E-state index contributed by atoms with van der Waals surface area (Å²) in [5.41, 5.74) is 3.25. The molecular weight excluding hydrogens is 316 g/mol. The summed E-state index contributed by atoms with van der Waals surface area (Å²) in [6, 6.07) is 0. The van der Waals surface area contributed by atoms with Crippen LogP contribution in [-0.2, 0) is 0 Å². The zero-order chi connectivity index (χ0) is 17.9. The van der Waals surface area contributed by atoms with Crippen molar-refractivity contribution in [1.29, 1.82) is 0 Å². The standard InChI is InChI=1S/C24H26Si/c1-15-16(2)18(4)23(17(15)3)25(5,6)24-21-13-9-7-11-19(21)20-12-8-10-14-22(20)24/h7-14H,1-6H3. The Morgan fingerprint density at radius 2 is 0.840 bits per heavy atom. The van der Waals surface area contributed by atoms with Gasteiger partial charge in [-0.1, -0.05) is 89.4 Å². The van der Waals surface area contributed by atoms with Gasteiger partial charge in [0.1, 0.15) is 0 Å². The molecule has 0 bridgehead atoms. The number of allylic oxidation sites excluding steroid dienone is 8. The van der Waals surface area contributed by atoms with Gasteiger partial charge in [0.15, 0.2) is 0 Å². The van der Waals surface area contributed by atoms with Crippen LogP contribution in [0.3, 0.4) is 0 Å². The second-order valence-corrected chi connectivity index (χ2v) is 12.2. The van der Waals surface area contributed by atoms with E-state index in [1.54, 1.807) is 11.1 Å². The molecule has 2 fully saturated rings. The predicted molar refractivity (Wildman–Crippen MR) is 109 cm³/mol. The first-order chi connectivity index (χ1) is 11.9. The molecule has 0 aromatic heterocycles. The van der Waals surface area contributed by atoms with Crippen LogP contribution in [-0.4, -0.2) is 8.07 Å². The third kappa shape index (κ3) is 2.45. The monoisotopic (exact) mass is 342 g/mol. The largest absolute Gasteiger partial charge is 0.0762 e. The first-order valence-corrected chi connectivity index (χ1v) is 12.2. The maximum Gasteiger partial charge on any atom is 0.0642 e. The van der Waals surface area contributed by atoms with Crippen molar-refractivity contribution < 1.29 is 0 Å². The summed E-state index contributed by atoms with van der Waals surface area (Å²) in [7, 11) is -1.83. The fraction of sp³-hybridized carbons (Fsp3) is 0.250. The third-order valence-electron chi connectivity index (χ3n) is 6.37. The van der Waals surface area contributed by atoms with Crippen molar-refractivity contribution in [2.45, 2.75) is 40.8 Å². The molecule has 0 aromatic rings. The molecule has 0 aromatic carbocycles. The fourth-order valence-corrected chi connectivity index (χ4v) is 9.25. The van der Waals surface area contributed by atoms with Crippen LogP contribution in [0.5, 0.6) is 0 Å². The van der Waals surface area contributed by atoms with E-state index >= 15 is 0 Å². The lowest BCUT2D eigenvalue weighted by Gasteiger charge is -2.43. The summed E-state index contributed by atoms with van der Waals surface area (Å²) >= 11 is 0. The molecule has 0 unspecified atom stereocenters. The molecule has 2 saturated carbocycles. The van der Waals surface area contributed by atoms with Gasteiger partial charge in [0.05, 0.1) is 8.07 Å². The highest BCUT2D eigenvalue weighted by molar-refractivity contribution is 6.90. The Morgan fingerprint density at radius 1 is 0.480 bits per heavy atom. The molecule has 0 spiro atoms. The summed E-state index contributed by atoms with van der Waals surface area (Å²) in [6.07, 6.45) is 17.9. The van der Waals surface area contributed by atoms with Gasteiger partial charge in [-0.2, -0.15) is 0 Å². The molecule has 0 saturated heterocycles. The minimum Gasteiger partial charge on any atom is -0.0762 e. The SMILES string of the molecule is C[C]1[C](C)[C](C)[C]([Si](C)(C)[C]2[C]3C=CC=C[C]3[C]3C=CC=C[C]32)[C]1C. The Hall–Kier alpha value is -0.823. The van der Waals surface area contributed by atoms with E-state index in [2.05, 4.69) is 89.4 Å². The molecule has 4 rings (SSSR count). The minimum absolute atomic E-state index is 1.41. The van der Waals surface area contributed by atoms with Crippen LogP contribution in [0.4, 0.5) is 0 Å². The van der Waals surface area contributed by atoms with Gasteiger partial charge in [-0.15, -0.1) is 0 Å². The quantitative estimate of drug-likeness (QED) is 0.550. The molecule has 0 nitrogen and oxygen atoms in total. The minimum atomic E-state index is -1.83. The van der Waals surface area contributed by atoms with E-state index in [9.17, 15) is 0 Å². The van der Waals surface area contributed by atoms with Crippen molar-refractivity contribution in [1.82, 2.24) is 0 Å². The van der Waals surface area contributed by atoms with Crippen molar-refractivity contribution in [3.8, 4) is 0 Å². The maximum absolute atomic E-state index is 2.54. The van der Waals surface area contributed by atoms with E-state index in [4.69, 9.17) is 0 Å². The van der Waals surface area contributed by atoms with Crippen LogP contribution in [0.1, 0.15) is 27.7 Å². The highest BCUT2D eigenvalue weighted by Crippen LogP contribution is 2.65. The summed E-state index contributed by atoms with van der Waals surface area (Å²) < 4.78 is 0. The summed E-state index contributed by atoms with van der Waals surface area (Å²) in [6.45, 7) is 14.3. The van der Waals surface area contributed by atoms with E-state index < -0.39 is 8.07 Å². The molecule has 1 heteroatoms. The van der Waals surface area contributed by atoms with E-state index in [0.29, 0.717) is 0 Å². The molecule has 0 heterocycles. The average Bonchev–Trinajstić information content (AvgIpc) is 3.04. The third-order valence-corrected chi connectivity index (χ3v) is 10.2.